The lowest BCUT2D eigenvalue weighted by Crippen LogP contribution is -2.17. The summed E-state index contributed by atoms with van der Waals surface area (Å²) >= 11 is 0. The van der Waals surface area contributed by atoms with Crippen molar-refractivity contribution in [1.29, 1.82) is 0 Å². The predicted molar refractivity (Wildman–Crippen MR) is 80.4 cm³/mol. The number of hydrogen-bond acceptors (Lipinski definition) is 5. The molecule has 3 aromatic rings. The zero-order valence-electron chi connectivity index (χ0n) is 12.8. The summed E-state index contributed by atoms with van der Waals surface area (Å²) in [5, 5.41) is 6.82. The SMILES string of the molecule is Fc1ccccc1C1(Oc2ccc(-c3nnc(C(F)F)o3)cn2)CC1. The molecule has 0 saturated heterocycles. The van der Waals surface area contributed by atoms with Crippen LogP contribution in [0, 0.1) is 5.82 Å². The maximum Gasteiger partial charge on any atom is 0.314 e. The van der Waals surface area contributed by atoms with Crippen molar-refractivity contribution >= 4 is 0 Å². The van der Waals surface area contributed by atoms with E-state index in [1.165, 1.54) is 12.3 Å². The highest BCUT2D eigenvalue weighted by molar-refractivity contribution is 5.51. The lowest BCUT2D eigenvalue weighted by molar-refractivity contribution is 0.116. The molecule has 0 spiro atoms. The van der Waals surface area contributed by atoms with Gasteiger partial charge in [-0.2, -0.15) is 8.78 Å². The Kier molecular flexibility index (Phi) is 3.67. The fourth-order valence-corrected chi connectivity index (χ4v) is 2.58. The van der Waals surface area contributed by atoms with Crippen molar-refractivity contribution in [3.8, 4) is 17.3 Å². The number of alkyl halides is 2. The molecule has 2 heterocycles. The lowest BCUT2D eigenvalue weighted by Gasteiger charge is -2.18. The van der Waals surface area contributed by atoms with Gasteiger partial charge >= 0.3 is 6.43 Å². The van der Waals surface area contributed by atoms with Crippen LogP contribution < -0.4 is 4.74 Å². The molecular weight excluding hydrogens is 335 g/mol. The van der Waals surface area contributed by atoms with E-state index in [4.69, 9.17) is 9.15 Å². The monoisotopic (exact) mass is 347 g/mol. The summed E-state index contributed by atoms with van der Waals surface area (Å²) in [5.41, 5.74) is 0.189. The zero-order valence-corrected chi connectivity index (χ0v) is 12.8. The number of halogens is 3. The van der Waals surface area contributed by atoms with Crippen LogP contribution in [0.5, 0.6) is 5.88 Å². The molecule has 5 nitrogen and oxygen atoms in total. The van der Waals surface area contributed by atoms with Crippen LogP contribution in [-0.4, -0.2) is 15.2 Å². The standard InChI is InChI=1S/C17H12F3N3O2/c18-12-4-2-1-3-11(12)17(7-8-17)25-13-6-5-10(9-21-13)15-22-23-16(24-15)14(19)20/h1-6,9,14H,7-8H2. The van der Waals surface area contributed by atoms with Gasteiger partial charge in [0, 0.05) is 17.8 Å². The predicted octanol–water partition coefficient (Wildman–Crippen LogP) is 4.28. The molecule has 8 heteroatoms. The molecule has 0 unspecified atom stereocenters. The third-order valence-corrected chi connectivity index (χ3v) is 3.98. The smallest absolute Gasteiger partial charge is 0.314 e. The summed E-state index contributed by atoms with van der Waals surface area (Å²) in [7, 11) is 0. The molecule has 0 radical (unpaired) electrons. The van der Waals surface area contributed by atoms with Gasteiger partial charge in [-0.3, -0.25) is 0 Å². The van der Waals surface area contributed by atoms with E-state index in [-0.39, 0.29) is 11.7 Å². The number of nitrogens with zero attached hydrogens (tertiary/aromatic N) is 3. The highest BCUT2D eigenvalue weighted by Crippen LogP contribution is 2.49. The minimum atomic E-state index is -2.83. The third kappa shape index (κ3) is 2.95. The quantitative estimate of drug-likeness (QED) is 0.689. The van der Waals surface area contributed by atoms with Crippen LogP contribution >= 0.6 is 0 Å². The number of pyridine rings is 1. The van der Waals surface area contributed by atoms with E-state index in [1.54, 1.807) is 30.3 Å². The minimum Gasteiger partial charge on any atom is -0.466 e. The summed E-state index contributed by atoms with van der Waals surface area (Å²) in [6.45, 7) is 0. The van der Waals surface area contributed by atoms with Crippen LogP contribution in [0.3, 0.4) is 0 Å². The second kappa shape index (κ2) is 5.87. The maximum atomic E-state index is 14.0. The van der Waals surface area contributed by atoms with Crippen molar-refractivity contribution < 1.29 is 22.3 Å². The normalized spacial score (nSPS) is 15.4. The minimum absolute atomic E-state index is 0.0513. The van der Waals surface area contributed by atoms with Gasteiger partial charge in [0.25, 0.3) is 5.89 Å². The molecule has 0 N–H and O–H groups in total. The van der Waals surface area contributed by atoms with E-state index in [0.717, 1.165) is 0 Å². The van der Waals surface area contributed by atoms with Crippen molar-refractivity contribution in [2.45, 2.75) is 24.9 Å². The Labute approximate surface area is 140 Å². The Morgan fingerprint density at radius 2 is 1.88 bits per heavy atom. The van der Waals surface area contributed by atoms with Gasteiger partial charge in [-0.05, 0) is 25.0 Å². The van der Waals surface area contributed by atoms with Gasteiger partial charge in [0.05, 0.1) is 5.56 Å². The van der Waals surface area contributed by atoms with E-state index in [2.05, 4.69) is 15.2 Å². The first kappa shape index (κ1) is 15.6. The maximum absolute atomic E-state index is 14.0. The summed E-state index contributed by atoms with van der Waals surface area (Å²) < 4.78 is 49.7. The second-order valence-electron chi connectivity index (χ2n) is 5.71. The van der Waals surface area contributed by atoms with Crippen LogP contribution in [0.25, 0.3) is 11.5 Å². The van der Waals surface area contributed by atoms with Gasteiger partial charge in [-0.25, -0.2) is 9.37 Å². The first-order valence-corrected chi connectivity index (χ1v) is 7.59. The van der Waals surface area contributed by atoms with Gasteiger partial charge in [-0.15, -0.1) is 10.2 Å². The van der Waals surface area contributed by atoms with E-state index in [0.29, 0.717) is 29.8 Å². The Bertz CT molecular complexity index is 892. The van der Waals surface area contributed by atoms with Crippen LogP contribution in [-0.2, 0) is 5.60 Å². The van der Waals surface area contributed by atoms with Crippen LogP contribution in [0.15, 0.2) is 47.0 Å². The van der Waals surface area contributed by atoms with E-state index in [1.807, 2.05) is 0 Å². The first-order chi connectivity index (χ1) is 12.1. The highest BCUT2D eigenvalue weighted by Gasteiger charge is 2.49. The average Bonchev–Trinajstić information content (AvgIpc) is 3.20. The van der Waals surface area contributed by atoms with Crippen LogP contribution in [0.2, 0.25) is 0 Å². The molecule has 2 aromatic heterocycles. The molecule has 0 amide bonds. The van der Waals surface area contributed by atoms with E-state index >= 15 is 0 Å². The number of ether oxygens (including phenoxy) is 1. The van der Waals surface area contributed by atoms with Gasteiger partial charge < -0.3 is 9.15 Å². The lowest BCUT2D eigenvalue weighted by atomic mass is 10.1. The van der Waals surface area contributed by atoms with Crippen molar-refractivity contribution in [3.05, 3.63) is 59.9 Å². The number of aromatic nitrogens is 3. The zero-order chi connectivity index (χ0) is 17.4. The van der Waals surface area contributed by atoms with Crippen molar-refractivity contribution in [1.82, 2.24) is 15.2 Å². The second-order valence-corrected chi connectivity index (χ2v) is 5.71. The Morgan fingerprint density at radius 3 is 2.48 bits per heavy atom. The van der Waals surface area contributed by atoms with Gasteiger partial charge in [0.1, 0.15) is 11.4 Å². The molecule has 1 fully saturated rings. The van der Waals surface area contributed by atoms with E-state index in [9.17, 15) is 13.2 Å². The summed E-state index contributed by atoms with van der Waals surface area (Å²) in [5.74, 6) is -0.809. The van der Waals surface area contributed by atoms with Gasteiger partial charge in [0.15, 0.2) is 0 Å². The Morgan fingerprint density at radius 1 is 1.08 bits per heavy atom. The fraction of sp³-hybridized carbons (Fsp3) is 0.235. The molecule has 128 valence electrons. The summed E-state index contributed by atoms with van der Waals surface area (Å²) in [4.78, 5) is 4.13. The van der Waals surface area contributed by atoms with Crippen molar-refractivity contribution in [3.63, 3.8) is 0 Å². The first-order valence-electron chi connectivity index (χ1n) is 7.59. The van der Waals surface area contributed by atoms with Crippen LogP contribution in [0.1, 0.15) is 30.7 Å². The molecule has 25 heavy (non-hydrogen) atoms. The molecule has 4 rings (SSSR count). The number of benzene rings is 1. The Hall–Kier alpha value is -2.90. The number of rotatable bonds is 5. The highest BCUT2D eigenvalue weighted by atomic mass is 19.3. The molecule has 1 aliphatic carbocycles. The summed E-state index contributed by atoms with van der Waals surface area (Å²) in [6.07, 6.45) is -0.0557. The third-order valence-electron chi connectivity index (χ3n) is 3.98. The molecule has 1 aliphatic rings. The average molecular weight is 347 g/mol. The largest absolute Gasteiger partial charge is 0.466 e. The molecule has 0 aliphatic heterocycles. The fourth-order valence-electron chi connectivity index (χ4n) is 2.58. The molecule has 1 saturated carbocycles. The molecule has 1 aromatic carbocycles. The topological polar surface area (TPSA) is 61.0 Å². The molecule has 0 atom stereocenters. The Balaban J connectivity index is 1.54. The summed E-state index contributed by atoms with van der Waals surface area (Å²) in [6, 6.07) is 9.60. The van der Waals surface area contributed by atoms with Gasteiger partial charge in [0.2, 0.25) is 11.8 Å². The van der Waals surface area contributed by atoms with Crippen molar-refractivity contribution in [2.24, 2.45) is 0 Å². The van der Waals surface area contributed by atoms with Crippen molar-refractivity contribution in [2.75, 3.05) is 0 Å². The molecular formula is C17H12F3N3O2. The van der Waals surface area contributed by atoms with Gasteiger partial charge in [-0.1, -0.05) is 18.2 Å². The van der Waals surface area contributed by atoms with Crippen LogP contribution in [0.4, 0.5) is 13.2 Å². The number of hydrogen-bond donors (Lipinski definition) is 0. The molecule has 0 bridgehead atoms. The van der Waals surface area contributed by atoms with E-state index < -0.39 is 17.9 Å².